The fourth-order valence-corrected chi connectivity index (χ4v) is 3.14. The maximum absolute atomic E-state index is 6.14. The van der Waals surface area contributed by atoms with Crippen LogP contribution in [0.3, 0.4) is 0 Å². The van der Waals surface area contributed by atoms with Gasteiger partial charge in [-0.05, 0) is 31.4 Å². The Morgan fingerprint density at radius 1 is 1.29 bits per heavy atom. The first kappa shape index (κ1) is 16.6. The summed E-state index contributed by atoms with van der Waals surface area (Å²) in [6.07, 6.45) is 4.34. The molecule has 24 heavy (non-hydrogen) atoms. The molecule has 0 bridgehead atoms. The van der Waals surface area contributed by atoms with Crippen LogP contribution in [0.2, 0.25) is 0 Å². The highest BCUT2D eigenvalue weighted by atomic mass is 16.5. The van der Waals surface area contributed by atoms with Gasteiger partial charge in [-0.25, -0.2) is 0 Å². The molecule has 3 rings (SSSR count). The van der Waals surface area contributed by atoms with Gasteiger partial charge in [-0.15, -0.1) is 0 Å². The number of hydrogen-bond acceptors (Lipinski definition) is 5. The predicted octanol–water partition coefficient (Wildman–Crippen LogP) is 3.54. The quantitative estimate of drug-likeness (QED) is 0.877. The number of ether oxygens (including phenoxy) is 2. The molecule has 2 atom stereocenters. The molecule has 0 saturated heterocycles. The number of rotatable bonds is 5. The number of nitrogens with two attached hydrogens (primary N) is 2. The molecule has 0 amide bonds. The third-order valence-corrected chi connectivity index (χ3v) is 4.21. The number of hydrogen-bond donors (Lipinski definition) is 2. The van der Waals surface area contributed by atoms with Gasteiger partial charge < -0.3 is 20.9 Å². The normalized spacial score (nSPS) is 17.0. The largest absolute Gasteiger partial charge is 0.492 e. The van der Waals surface area contributed by atoms with Crippen molar-refractivity contribution in [3.05, 3.63) is 36.2 Å². The molecule has 2 heterocycles. The van der Waals surface area contributed by atoms with E-state index in [0.29, 0.717) is 18.2 Å². The Bertz CT molecular complexity index is 731. The number of nitrogens with zero attached hydrogens (tertiary/aromatic N) is 1. The SMILES string of the molecule is CC(C)C[C@H](N)COc1ccc2c(c1)OC(C)c1cncc(N)c1-2. The van der Waals surface area contributed by atoms with Gasteiger partial charge in [0.1, 0.15) is 24.2 Å². The molecule has 1 aromatic carbocycles. The Hall–Kier alpha value is -2.27. The van der Waals surface area contributed by atoms with Gasteiger partial charge in [0, 0.05) is 35.0 Å². The molecular weight excluding hydrogens is 302 g/mol. The second-order valence-electron chi connectivity index (χ2n) is 6.81. The van der Waals surface area contributed by atoms with Crippen molar-refractivity contribution in [2.45, 2.75) is 39.3 Å². The third kappa shape index (κ3) is 3.31. The van der Waals surface area contributed by atoms with Crippen LogP contribution in [0.15, 0.2) is 30.6 Å². The standard InChI is InChI=1S/C19H25N3O2/c1-11(2)6-13(20)10-23-14-4-5-15-18(7-14)24-12(3)16-8-22-9-17(21)19(15)16/h4-5,7-9,11-13H,6,10,20-21H2,1-3H3/t12?,13-/m0/s1. The molecule has 1 unspecified atom stereocenters. The van der Waals surface area contributed by atoms with Gasteiger partial charge in [0.05, 0.1) is 11.9 Å². The number of anilines is 1. The molecule has 1 aliphatic heterocycles. The fourth-order valence-electron chi connectivity index (χ4n) is 3.14. The molecule has 4 N–H and O–H groups in total. The first-order valence-electron chi connectivity index (χ1n) is 8.38. The Morgan fingerprint density at radius 3 is 2.83 bits per heavy atom. The van der Waals surface area contributed by atoms with Crippen molar-refractivity contribution in [2.75, 3.05) is 12.3 Å². The van der Waals surface area contributed by atoms with Crippen molar-refractivity contribution in [1.29, 1.82) is 0 Å². The number of aromatic nitrogens is 1. The van der Waals surface area contributed by atoms with Crippen LogP contribution in [0.5, 0.6) is 11.5 Å². The van der Waals surface area contributed by atoms with E-state index in [4.69, 9.17) is 20.9 Å². The highest BCUT2D eigenvalue weighted by molar-refractivity contribution is 5.84. The third-order valence-electron chi connectivity index (χ3n) is 4.21. The van der Waals surface area contributed by atoms with E-state index in [0.717, 1.165) is 34.6 Å². The molecule has 5 nitrogen and oxygen atoms in total. The first-order valence-corrected chi connectivity index (χ1v) is 8.38. The van der Waals surface area contributed by atoms with Crippen LogP contribution in [0.4, 0.5) is 5.69 Å². The smallest absolute Gasteiger partial charge is 0.131 e. The fraction of sp³-hybridized carbons (Fsp3) is 0.421. The Morgan fingerprint density at radius 2 is 2.08 bits per heavy atom. The van der Waals surface area contributed by atoms with Gasteiger partial charge in [0.25, 0.3) is 0 Å². The average Bonchev–Trinajstić information content (AvgIpc) is 2.52. The van der Waals surface area contributed by atoms with Crippen LogP contribution < -0.4 is 20.9 Å². The van der Waals surface area contributed by atoms with E-state index in [1.54, 1.807) is 6.20 Å². The molecule has 128 valence electrons. The zero-order valence-electron chi connectivity index (χ0n) is 14.5. The van der Waals surface area contributed by atoms with Gasteiger partial charge >= 0.3 is 0 Å². The van der Waals surface area contributed by atoms with Crippen molar-refractivity contribution in [3.63, 3.8) is 0 Å². The predicted molar refractivity (Wildman–Crippen MR) is 96.1 cm³/mol. The van der Waals surface area contributed by atoms with E-state index in [-0.39, 0.29) is 12.1 Å². The molecule has 5 heteroatoms. The average molecular weight is 327 g/mol. The van der Waals surface area contributed by atoms with Crippen LogP contribution in [-0.4, -0.2) is 17.6 Å². The maximum Gasteiger partial charge on any atom is 0.131 e. The molecular formula is C19H25N3O2. The number of benzene rings is 1. The molecule has 1 aromatic heterocycles. The van der Waals surface area contributed by atoms with E-state index < -0.39 is 0 Å². The Kier molecular flexibility index (Phi) is 4.62. The lowest BCUT2D eigenvalue weighted by molar-refractivity contribution is 0.220. The monoisotopic (exact) mass is 327 g/mol. The number of pyridine rings is 1. The second-order valence-corrected chi connectivity index (χ2v) is 6.81. The minimum atomic E-state index is -0.0954. The van der Waals surface area contributed by atoms with Crippen molar-refractivity contribution in [1.82, 2.24) is 4.98 Å². The van der Waals surface area contributed by atoms with E-state index in [1.165, 1.54) is 0 Å². The van der Waals surface area contributed by atoms with Crippen LogP contribution >= 0.6 is 0 Å². The lowest BCUT2D eigenvalue weighted by Gasteiger charge is -2.27. The summed E-state index contributed by atoms with van der Waals surface area (Å²) in [6, 6.07) is 5.86. The van der Waals surface area contributed by atoms with E-state index in [2.05, 4.69) is 18.8 Å². The minimum Gasteiger partial charge on any atom is -0.492 e. The van der Waals surface area contributed by atoms with Gasteiger partial charge in [-0.2, -0.15) is 0 Å². The lowest BCUT2D eigenvalue weighted by atomic mass is 9.94. The van der Waals surface area contributed by atoms with Crippen molar-refractivity contribution >= 4 is 5.69 Å². The summed E-state index contributed by atoms with van der Waals surface area (Å²) in [5.41, 5.74) is 15.9. The topological polar surface area (TPSA) is 83.4 Å². The highest BCUT2D eigenvalue weighted by Crippen LogP contribution is 2.45. The molecule has 2 aromatic rings. The maximum atomic E-state index is 6.14. The van der Waals surface area contributed by atoms with Gasteiger partial charge in [0.15, 0.2) is 0 Å². The van der Waals surface area contributed by atoms with E-state index >= 15 is 0 Å². The Labute approximate surface area is 143 Å². The molecule has 0 aliphatic carbocycles. The minimum absolute atomic E-state index is 0.0309. The summed E-state index contributed by atoms with van der Waals surface area (Å²) in [7, 11) is 0. The van der Waals surface area contributed by atoms with Crippen LogP contribution in [0.25, 0.3) is 11.1 Å². The van der Waals surface area contributed by atoms with Gasteiger partial charge in [-0.3, -0.25) is 4.98 Å². The van der Waals surface area contributed by atoms with Crippen molar-refractivity contribution < 1.29 is 9.47 Å². The summed E-state index contributed by atoms with van der Waals surface area (Å²) >= 11 is 0. The molecule has 0 radical (unpaired) electrons. The Balaban J connectivity index is 1.83. The zero-order valence-corrected chi connectivity index (χ0v) is 14.5. The van der Waals surface area contributed by atoms with Crippen LogP contribution in [-0.2, 0) is 0 Å². The lowest BCUT2D eigenvalue weighted by Crippen LogP contribution is -2.29. The molecule has 0 fully saturated rings. The summed E-state index contributed by atoms with van der Waals surface area (Å²) in [4.78, 5) is 4.17. The van der Waals surface area contributed by atoms with E-state index in [1.807, 2.05) is 31.3 Å². The number of fused-ring (bicyclic) bond motifs is 3. The second kappa shape index (κ2) is 6.69. The van der Waals surface area contributed by atoms with Gasteiger partial charge in [0.2, 0.25) is 0 Å². The van der Waals surface area contributed by atoms with Gasteiger partial charge in [-0.1, -0.05) is 13.8 Å². The summed E-state index contributed by atoms with van der Waals surface area (Å²) in [5.74, 6) is 2.10. The zero-order chi connectivity index (χ0) is 17.3. The van der Waals surface area contributed by atoms with Crippen LogP contribution in [0.1, 0.15) is 38.9 Å². The first-order chi connectivity index (χ1) is 11.5. The molecule has 1 aliphatic rings. The molecule has 0 saturated carbocycles. The van der Waals surface area contributed by atoms with E-state index in [9.17, 15) is 0 Å². The molecule has 0 spiro atoms. The number of nitrogen functional groups attached to an aromatic ring is 1. The summed E-state index contributed by atoms with van der Waals surface area (Å²) in [6.45, 7) is 6.81. The van der Waals surface area contributed by atoms with Crippen molar-refractivity contribution in [3.8, 4) is 22.6 Å². The summed E-state index contributed by atoms with van der Waals surface area (Å²) < 4.78 is 11.9. The van der Waals surface area contributed by atoms with Crippen molar-refractivity contribution in [2.24, 2.45) is 11.7 Å². The van der Waals surface area contributed by atoms with Crippen LogP contribution in [0, 0.1) is 5.92 Å². The highest BCUT2D eigenvalue weighted by Gasteiger charge is 2.25. The summed E-state index contributed by atoms with van der Waals surface area (Å²) in [5, 5.41) is 0.